The fourth-order valence-corrected chi connectivity index (χ4v) is 6.17. The summed E-state index contributed by atoms with van der Waals surface area (Å²) in [7, 11) is 0. The Balaban J connectivity index is 1.54. The number of rotatable bonds is 9. The molecule has 0 spiro atoms. The van der Waals surface area contributed by atoms with E-state index in [1.165, 1.54) is 28.0 Å². The number of hydrogen-bond acceptors (Lipinski definition) is 8. The molecular weight excluding hydrogens is 566 g/mol. The molecule has 1 N–H and O–H groups in total. The van der Waals surface area contributed by atoms with Gasteiger partial charge in [-0.15, -0.1) is 10.2 Å². The number of carbonyl (C=O) groups is 2. The average Bonchev–Trinajstić information content (AvgIpc) is 3.53. The number of aryl methyl sites for hydroxylation is 1. The molecule has 0 saturated carbocycles. The van der Waals surface area contributed by atoms with E-state index >= 15 is 0 Å². The summed E-state index contributed by atoms with van der Waals surface area (Å²) < 4.78 is 6.34. The first-order chi connectivity index (χ1) is 19.4. The highest BCUT2D eigenvalue weighted by Crippen LogP contribution is 2.44. The first-order valence-electron chi connectivity index (χ1n) is 12.3. The van der Waals surface area contributed by atoms with Crippen LogP contribution in [-0.2, 0) is 15.3 Å². The van der Waals surface area contributed by atoms with Gasteiger partial charge >= 0.3 is 5.91 Å². The lowest BCUT2D eigenvalue weighted by Crippen LogP contribution is -2.29. The van der Waals surface area contributed by atoms with Gasteiger partial charge < -0.3 is 9.84 Å². The fraction of sp³-hybridized carbons (Fsp3) is 0.133. The van der Waals surface area contributed by atoms with Crippen LogP contribution in [0.3, 0.4) is 0 Å². The number of nitrogens with zero attached hydrogens (tertiary/aromatic N) is 3. The molecule has 202 valence electrons. The van der Waals surface area contributed by atoms with Gasteiger partial charge in [-0.1, -0.05) is 101 Å². The van der Waals surface area contributed by atoms with Crippen molar-refractivity contribution in [2.75, 3.05) is 11.5 Å². The van der Waals surface area contributed by atoms with E-state index in [9.17, 15) is 14.7 Å². The Morgan fingerprint density at radius 2 is 1.88 bits per heavy atom. The summed E-state index contributed by atoms with van der Waals surface area (Å²) in [5, 5.41) is 20.8. The third-order valence-corrected chi connectivity index (χ3v) is 8.57. The molecule has 2 heterocycles. The standard InChI is InChI=1S/C30H24ClN3O4S2/c1-3-15-38-23-6-4-5-21(16-23)25-24(26(35)20-11-7-18(2)8-12-20)27(36)28(37)34(25)29-32-33-30(40-29)39-17-19-9-13-22(31)14-10-19/h3-14,16,25,35H,1,15,17H2,2H3. The topological polar surface area (TPSA) is 92.6 Å². The Morgan fingerprint density at radius 3 is 2.60 bits per heavy atom. The van der Waals surface area contributed by atoms with Gasteiger partial charge in [-0.05, 0) is 42.3 Å². The maximum absolute atomic E-state index is 13.5. The number of carbonyl (C=O) groups excluding carboxylic acids is 2. The first kappa shape index (κ1) is 27.6. The zero-order chi connectivity index (χ0) is 28.2. The van der Waals surface area contributed by atoms with Crippen molar-refractivity contribution in [3.05, 3.63) is 118 Å². The van der Waals surface area contributed by atoms with E-state index in [2.05, 4.69) is 16.8 Å². The smallest absolute Gasteiger partial charge is 0.301 e. The summed E-state index contributed by atoms with van der Waals surface area (Å²) in [5.74, 6) is -0.683. The molecule has 1 aliphatic rings. The molecule has 0 bridgehead atoms. The number of aliphatic hydroxyl groups is 1. The van der Waals surface area contributed by atoms with Gasteiger partial charge in [0.05, 0.1) is 11.6 Å². The van der Waals surface area contributed by atoms with E-state index in [1.54, 1.807) is 42.5 Å². The Labute approximate surface area is 244 Å². The molecular formula is C30H24ClN3O4S2. The number of aliphatic hydroxyl groups excluding tert-OH is 1. The van der Waals surface area contributed by atoms with Crippen LogP contribution in [0.5, 0.6) is 5.75 Å². The number of anilines is 1. The van der Waals surface area contributed by atoms with Crippen LogP contribution in [0.4, 0.5) is 5.13 Å². The van der Waals surface area contributed by atoms with Gasteiger partial charge in [0.2, 0.25) is 5.13 Å². The van der Waals surface area contributed by atoms with E-state index in [4.69, 9.17) is 16.3 Å². The van der Waals surface area contributed by atoms with Gasteiger partial charge in [0, 0.05) is 16.3 Å². The summed E-state index contributed by atoms with van der Waals surface area (Å²) in [6, 6.07) is 20.7. The van der Waals surface area contributed by atoms with Crippen LogP contribution in [-0.4, -0.2) is 33.6 Å². The second kappa shape index (κ2) is 12.1. The number of halogens is 1. The normalized spacial score (nSPS) is 16.4. The molecule has 1 fully saturated rings. The predicted octanol–water partition coefficient (Wildman–Crippen LogP) is 6.98. The highest BCUT2D eigenvalue weighted by atomic mass is 35.5. The minimum atomic E-state index is -0.935. The predicted molar refractivity (Wildman–Crippen MR) is 159 cm³/mol. The van der Waals surface area contributed by atoms with Gasteiger partial charge in [-0.25, -0.2) is 0 Å². The Kier molecular flexibility index (Phi) is 8.35. The molecule has 40 heavy (non-hydrogen) atoms. The van der Waals surface area contributed by atoms with Crippen LogP contribution in [0.15, 0.2) is 95.4 Å². The average molecular weight is 590 g/mol. The van der Waals surface area contributed by atoms with Crippen molar-refractivity contribution in [1.29, 1.82) is 0 Å². The number of amides is 1. The lowest BCUT2D eigenvalue weighted by molar-refractivity contribution is -0.132. The molecule has 10 heteroatoms. The highest BCUT2D eigenvalue weighted by molar-refractivity contribution is 8.00. The van der Waals surface area contributed by atoms with Gasteiger partial charge in [0.25, 0.3) is 5.78 Å². The number of thioether (sulfide) groups is 1. The third kappa shape index (κ3) is 5.82. The molecule has 1 aromatic heterocycles. The van der Waals surface area contributed by atoms with Crippen molar-refractivity contribution in [3.8, 4) is 5.75 Å². The van der Waals surface area contributed by atoms with Crippen molar-refractivity contribution in [2.45, 2.75) is 23.1 Å². The highest BCUT2D eigenvalue weighted by Gasteiger charge is 2.48. The van der Waals surface area contributed by atoms with Crippen molar-refractivity contribution in [1.82, 2.24) is 10.2 Å². The quantitative estimate of drug-likeness (QED) is 0.0562. The summed E-state index contributed by atoms with van der Waals surface area (Å²) in [4.78, 5) is 28.2. The molecule has 1 atom stereocenters. The summed E-state index contributed by atoms with van der Waals surface area (Å²) in [6.45, 7) is 5.89. The van der Waals surface area contributed by atoms with E-state index < -0.39 is 17.7 Å². The molecule has 0 radical (unpaired) electrons. The van der Waals surface area contributed by atoms with E-state index in [1.807, 2.05) is 43.3 Å². The van der Waals surface area contributed by atoms with E-state index in [-0.39, 0.29) is 23.1 Å². The lowest BCUT2D eigenvalue weighted by Gasteiger charge is -2.23. The van der Waals surface area contributed by atoms with Crippen LogP contribution in [0.2, 0.25) is 5.02 Å². The van der Waals surface area contributed by atoms with Crippen molar-refractivity contribution < 1.29 is 19.4 Å². The number of benzene rings is 3. The maximum atomic E-state index is 13.5. The SMILES string of the molecule is C=CCOc1cccc(C2C(=C(O)c3ccc(C)cc3)C(=O)C(=O)N2c2nnc(SCc3ccc(Cl)cc3)s2)c1. The minimum Gasteiger partial charge on any atom is -0.507 e. The molecule has 1 amide bonds. The van der Waals surface area contributed by atoms with E-state index in [0.29, 0.717) is 32.0 Å². The number of ketones is 1. The molecule has 5 rings (SSSR count). The largest absolute Gasteiger partial charge is 0.507 e. The molecule has 1 saturated heterocycles. The molecule has 4 aromatic rings. The van der Waals surface area contributed by atoms with Crippen molar-refractivity contribution >= 4 is 57.3 Å². The van der Waals surface area contributed by atoms with Gasteiger partial charge in [-0.2, -0.15) is 0 Å². The van der Waals surface area contributed by atoms with Gasteiger partial charge in [0.1, 0.15) is 18.1 Å². The molecule has 0 aliphatic carbocycles. The Bertz CT molecular complexity index is 1600. The van der Waals surface area contributed by atoms with Crippen molar-refractivity contribution in [2.24, 2.45) is 0 Å². The lowest BCUT2D eigenvalue weighted by atomic mass is 9.95. The Morgan fingerprint density at radius 1 is 1.12 bits per heavy atom. The van der Waals surface area contributed by atoms with Gasteiger partial charge in [-0.3, -0.25) is 14.5 Å². The second-order valence-electron chi connectivity index (χ2n) is 8.97. The van der Waals surface area contributed by atoms with Crippen LogP contribution in [0.1, 0.15) is 28.3 Å². The molecule has 7 nitrogen and oxygen atoms in total. The number of aromatic nitrogens is 2. The second-order valence-corrected chi connectivity index (χ2v) is 11.6. The monoisotopic (exact) mass is 589 g/mol. The number of ether oxygens (including phenoxy) is 1. The molecule has 1 unspecified atom stereocenters. The maximum Gasteiger partial charge on any atom is 0.301 e. The van der Waals surface area contributed by atoms with E-state index in [0.717, 1.165) is 11.1 Å². The number of Topliss-reactive ketones (excluding diaryl/α,β-unsaturated/α-hetero) is 1. The first-order valence-corrected chi connectivity index (χ1v) is 14.5. The number of hydrogen-bond donors (Lipinski definition) is 1. The Hall–Kier alpha value is -3.92. The van der Waals surface area contributed by atoms with Crippen molar-refractivity contribution in [3.63, 3.8) is 0 Å². The third-order valence-electron chi connectivity index (χ3n) is 6.19. The minimum absolute atomic E-state index is 0.0275. The van der Waals surface area contributed by atoms with Crippen LogP contribution in [0.25, 0.3) is 5.76 Å². The summed E-state index contributed by atoms with van der Waals surface area (Å²) >= 11 is 8.65. The summed E-state index contributed by atoms with van der Waals surface area (Å²) in [6.07, 6.45) is 1.63. The van der Waals surface area contributed by atoms with Crippen LogP contribution >= 0.6 is 34.7 Å². The zero-order valence-electron chi connectivity index (χ0n) is 21.4. The zero-order valence-corrected chi connectivity index (χ0v) is 23.8. The fourth-order valence-electron chi connectivity index (χ4n) is 4.23. The van der Waals surface area contributed by atoms with Crippen LogP contribution in [0, 0.1) is 6.92 Å². The molecule has 1 aliphatic heterocycles. The van der Waals surface area contributed by atoms with Crippen LogP contribution < -0.4 is 9.64 Å². The van der Waals surface area contributed by atoms with Gasteiger partial charge in [0.15, 0.2) is 4.34 Å². The summed E-state index contributed by atoms with van der Waals surface area (Å²) in [5.41, 5.74) is 3.04. The molecule has 3 aromatic carbocycles.